The van der Waals surface area contributed by atoms with Crippen LogP contribution in [0.1, 0.15) is 21.5 Å². The van der Waals surface area contributed by atoms with Crippen LogP contribution in [-0.2, 0) is 0 Å². The van der Waals surface area contributed by atoms with Gasteiger partial charge in [0.25, 0.3) is 5.91 Å². The van der Waals surface area contributed by atoms with Crippen LogP contribution in [0, 0.1) is 13.8 Å². The van der Waals surface area contributed by atoms with Crippen LogP contribution in [0.25, 0.3) is 5.95 Å². The first-order valence-corrected chi connectivity index (χ1v) is 6.82. The molecule has 0 fully saturated rings. The molecule has 0 bridgehead atoms. The van der Waals surface area contributed by atoms with Gasteiger partial charge in [-0.3, -0.25) is 9.36 Å². The number of anilines is 1. The Morgan fingerprint density at radius 3 is 2.36 bits per heavy atom. The third-order valence-corrected chi connectivity index (χ3v) is 3.12. The molecule has 1 amide bonds. The van der Waals surface area contributed by atoms with Gasteiger partial charge in [0.15, 0.2) is 0 Å². The molecular formula is C16H15N5O. The van der Waals surface area contributed by atoms with Crippen LogP contribution in [0.15, 0.2) is 49.3 Å². The molecule has 0 atom stereocenters. The number of nitrogens with one attached hydrogen (secondary N) is 1. The smallest absolute Gasteiger partial charge is 0.255 e. The lowest BCUT2D eigenvalue weighted by atomic mass is 10.1. The topological polar surface area (TPSA) is 72.7 Å². The first-order chi connectivity index (χ1) is 10.6. The summed E-state index contributed by atoms with van der Waals surface area (Å²) < 4.78 is 1.69. The molecule has 2 heterocycles. The number of hydrogen-bond acceptors (Lipinski definition) is 4. The SMILES string of the molecule is Cc1cc(C)cc(C(=O)Nc2cnc(-n3ccnc3)nc2)c1. The number of carbonyl (C=O) groups excluding carboxylic acids is 1. The molecule has 1 aromatic carbocycles. The lowest BCUT2D eigenvalue weighted by Crippen LogP contribution is -2.13. The summed E-state index contributed by atoms with van der Waals surface area (Å²) >= 11 is 0. The van der Waals surface area contributed by atoms with E-state index in [0.29, 0.717) is 17.2 Å². The highest BCUT2D eigenvalue weighted by atomic mass is 16.1. The highest BCUT2D eigenvalue weighted by molar-refractivity contribution is 6.04. The van der Waals surface area contributed by atoms with Gasteiger partial charge in [0.2, 0.25) is 5.95 Å². The van der Waals surface area contributed by atoms with Crippen molar-refractivity contribution in [3.63, 3.8) is 0 Å². The van der Waals surface area contributed by atoms with E-state index in [1.54, 1.807) is 35.7 Å². The normalized spacial score (nSPS) is 10.5. The lowest BCUT2D eigenvalue weighted by molar-refractivity contribution is 0.102. The summed E-state index contributed by atoms with van der Waals surface area (Å²) in [5.74, 6) is 0.327. The maximum Gasteiger partial charge on any atom is 0.255 e. The average Bonchev–Trinajstić information content (AvgIpc) is 3.01. The van der Waals surface area contributed by atoms with Crippen molar-refractivity contribution in [3.05, 3.63) is 66.0 Å². The quantitative estimate of drug-likeness (QED) is 0.805. The first kappa shape index (κ1) is 13.9. The molecule has 0 saturated heterocycles. The minimum Gasteiger partial charge on any atom is -0.319 e. The van der Waals surface area contributed by atoms with Gasteiger partial charge >= 0.3 is 0 Å². The summed E-state index contributed by atoms with van der Waals surface area (Å²) in [6.45, 7) is 3.93. The van der Waals surface area contributed by atoms with E-state index in [1.807, 2.05) is 32.0 Å². The van der Waals surface area contributed by atoms with Crippen molar-refractivity contribution < 1.29 is 4.79 Å². The number of carbonyl (C=O) groups is 1. The van der Waals surface area contributed by atoms with Crippen LogP contribution < -0.4 is 5.32 Å². The monoisotopic (exact) mass is 293 g/mol. The first-order valence-electron chi connectivity index (χ1n) is 6.82. The Hall–Kier alpha value is -3.02. The summed E-state index contributed by atoms with van der Waals surface area (Å²) in [4.78, 5) is 24.6. The maximum atomic E-state index is 12.3. The standard InChI is InChI=1S/C16H15N5O/c1-11-5-12(2)7-13(6-11)15(22)20-14-8-18-16(19-9-14)21-4-3-17-10-21/h3-10H,1-2H3,(H,20,22). The van der Waals surface area contributed by atoms with E-state index in [4.69, 9.17) is 0 Å². The van der Waals surface area contributed by atoms with Gasteiger partial charge in [-0.15, -0.1) is 0 Å². The number of amides is 1. The highest BCUT2D eigenvalue weighted by Gasteiger charge is 2.08. The zero-order chi connectivity index (χ0) is 15.5. The van der Waals surface area contributed by atoms with Gasteiger partial charge in [0, 0.05) is 18.0 Å². The largest absolute Gasteiger partial charge is 0.319 e. The van der Waals surface area contributed by atoms with Crippen LogP contribution in [-0.4, -0.2) is 25.4 Å². The van der Waals surface area contributed by atoms with E-state index in [0.717, 1.165) is 11.1 Å². The fraction of sp³-hybridized carbons (Fsp3) is 0.125. The van der Waals surface area contributed by atoms with E-state index in [1.165, 1.54) is 0 Å². The maximum absolute atomic E-state index is 12.3. The Bertz CT molecular complexity index is 774. The number of rotatable bonds is 3. The van der Waals surface area contributed by atoms with Crippen molar-refractivity contribution >= 4 is 11.6 Å². The van der Waals surface area contributed by atoms with E-state index >= 15 is 0 Å². The Balaban J connectivity index is 1.76. The summed E-state index contributed by atoms with van der Waals surface area (Å²) in [7, 11) is 0. The molecule has 6 nitrogen and oxygen atoms in total. The van der Waals surface area contributed by atoms with Gasteiger partial charge in [0.05, 0.1) is 18.1 Å². The molecule has 3 aromatic rings. The highest BCUT2D eigenvalue weighted by Crippen LogP contribution is 2.12. The molecule has 0 spiro atoms. The Morgan fingerprint density at radius 1 is 1.09 bits per heavy atom. The fourth-order valence-corrected chi connectivity index (χ4v) is 2.21. The Morgan fingerprint density at radius 2 is 1.77 bits per heavy atom. The van der Waals surface area contributed by atoms with Gasteiger partial charge in [0.1, 0.15) is 6.33 Å². The predicted octanol–water partition coefficient (Wildman–Crippen LogP) is 2.53. The van der Waals surface area contributed by atoms with Gasteiger partial charge in [-0.25, -0.2) is 15.0 Å². The van der Waals surface area contributed by atoms with Crippen LogP contribution in [0.3, 0.4) is 0 Å². The summed E-state index contributed by atoms with van der Waals surface area (Å²) in [5, 5.41) is 2.80. The summed E-state index contributed by atoms with van der Waals surface area (Å²) in [6.07, 6.45) is 8.16. The molecule has 1 N–H and O–H groups in total. The molecule has 3 rings (SSSR count). The zero-order valence-corrected chi connectivity index (χ0v) is 12.3. The van der Waals surface area contributed by atoms with E-state index in [2.05, 4.69) is 20.3 Å². The van der Waals surface area contributed by atoms with E-state index in [-0.39, 0.29) is 5.91 Å². The minimum atomic E-state index is -0.175. The van der Waals surface area contributed by atoms with Crippen molar-refractivity contribution in [3.8, 4) is 5.95 Å². The van der Waals surface area contributed by atoms with Crippen LogP contribution >= 0.6 is 0 Å². The average molecular weight is 293 g/mol. The van der Waals surface area contributed by atoms with Crippen molar-refractivity contribution in [2.24, 2.45) is 0 Å². The molecule has 0 aliphatic rings. The van der Waals surface area contributed by atoms with Crippen molar-refractivity contribution in [1.82, 2.24) is 19.5 Å². The van der Waals surface area contributed by atoms with E-state index < -0.39 is 0 Å². The fourth-order valence-electron chi connectivity index (χ4n) is 2.21. The number of aromatic nitrogens is 4. The van der Waals surface area contributed by atoms with Gasteiger partial charge in [-0.05, 0) is 26.0 Å². The Labute approximate surface area is 127 Å². The van der Waals surface area contributed by atoms with Gasteiger partial charge < -0.3 is 5.32 Å². The van der Waals surface area contributed by atoms with Crippen LogP contribution in [0.5, 0.6) is 0 Å². The van der Waals surface area contributed by atoms with Crippen LogP contribution in [0.4, 0.5) is 5.69 Å². The molecule has 6 heteroatoms. The molecule has 22 heavy (non-hydrogen) atoms. The molecule has 2 aromatic heterocycles. The molecule has 0 aliphatic heterocycles. The molecular weight excluding hydrogens is 278 g/mol. The summed E-state index contributed by atoms with van der Waals surface area (Å²) in [5.41, 5.74) is 3.28. The second-order valence-corrected chi connectivity index (χ2v) is 5.07. The number of nitrogens with zero attached hydrogens (tertiary/aromatic N) is 4. The van der Waals surface area contributed by atoms with Crippen molar-refractivity contribution in [2.75, 3.05) is 5.32 Å². The second-order valence-electron chi connectivity index (χ2n) is 5.07. The summed E-state index contributed by atoms with van der Waals surface area (Å²) in [6, 6.07) is 5.73. The molecule has 0 saturated carbocycles. The third-order valence-electron chi connectivity index (χ3n) is 3.12. The molecule has 110 valence electrons. The van der Waals surface area contributed by atoms with Gasteiger partial charge in [-0.2, -0.15) is 0 Å². The second kappa shape index (κ2) is 5.77. The predicted molar refractivity (Wildman–Crippen MR) is 83.0 cm³/mol. The number of imidazole rings is 1. The van der Waals surface area contributed by atoms with Gasteiger partial charge in [-0.1, -0.05) is 17.2 Å². The number of benzene rings is 1. The molecule has 0 aliphatic carbocycles. The molecule has 0 unspecified atom stereocenters. The third kappa shape index (κ3) is 3.01. The number of aryl methyl sites for hydroxylation is 2. The number of hydrogen-bond donors (Lipinski definition) is 1. The lowest BCUT2D eigenvalue weighted by Gasteiger charge is -2.07. The van der Waals surface area contributed by atoms with Crippen molar-refractivity contribution in [1.29, 1.82) is 0 Å². The van der Waals surface area contributed by atoms with Crippen LogP contribution in [0.2, 0.25) is 0 Å². The molecule has 0 radical (unpaired) electrons. The minimum absolute atomic E-state index is 0.175. The van der Waals surface area contributed by atoms with E-state index in [9.17, 15) is 4.79 Å². The van der Waals surface area contributed by atoms with Crippen molar-refractivity contribution in [2.45, 2.75) is 13.8 Å². The Kier molecular flexibility index (Phi) is 3.65. The zero-order valence-electron chi connectivity index (χ0n) is 12.3.